The average Bonchev–Trinajstić information content (AvgIpc) is 2.69. The van der Waals surface area contributed by atoms with Gasteiger partial charge in [-0.3, -0.25) is 18.7 Å². The number of Topliss-reactive ketones (excluding diaryl/α,β-unsaturated/α-hetero) is 1. The molecule has 0 saturated carbocycles. The van der Waals surface area contributed by atoms with Crippen molar-refractivity contribution < 1.29 is 18.3 Å². The summed E-state index contributed by atoms with van der Waals surface area (Å²) >= 11 is 0. The number of fused-ring (bicyclic) bond motifs is 1. The Hall–Kier alpha value is -3.23. The van der Waals surface area contributed by atoms with Gasteiger partial charge in [-0.1, -0.05) is 12.1 Å². The molecule has 0 bridgehead atoms. The topological polar surface area (TPSA) is 82.3 Å². The van der Waals surface area contributed by atoms with Gasteiger partial charge in [0.05, 0.1) is 5.56 Å². The van der Waals surface area contributed by atoms with Crippen LogP contribution in [-0.2, 0) is 18.9 Å². The van der Waals surface area contributed by atoms with E-state index in [-0.39, 0.29) is 17.1 Å². The smallest absolute Gasteiger partial charge is 0.387 e. The van der Waals surface area contributed by atoms with Gasteiger partial charge >= 0.3 is 12.3 Å². The van der Waals surface area contributed by atoms with Crippen molar-refractivity contribution in [3.05, 3.63) is 67.5 Å². The van der Waals surface area contributed by atoms with Gasteiger partial charge in [0.2, 0.25) is 0 Å². The highest BCUT2D eigenvalue weighted by Crippen LogP contribution is 2.43. The molecule has 0 radical (unpaired) electrons. The van der Waals surface area contributed by atoms with Crippen molar-refractivity contribution in [3.63, 3.8) is 0 Å². The highest BCUT2D eigenvalue weighted by atomic mass is 19.3. The highest BCUT2D eigenvalue weighted by Gasteiger charge is 2.38. The van der Waals surface area contributed by atoms with E-state index in [1.165, 1.54) is 23.7 Å². The predicted molar refractivity (Wildman–Crippen MR) is 101 cm³/mol. The number of nitrogens with zero attached hydrogens (tertiary/aromatic N) is 2. The van der Waals surface area contributed by atoms with Crippen LogP contribution in [0.15, 0.2) is 45.1 Å². The lowest BCUT2D eigenvalue weighted by molar-refractivity contribution is -0.116. The van der Waals surface area contributed by atoms with E-state index in [1.54, 1.807) is 19.2 Å². The van der Waals surface area contributed by atoms with Gasteiger partial charge in [0.15, 0.2) is 5.78 Å². The first-order chi connectivity index (χ1) is 13.8. The number of ketones is 1. The SMILES string of the molecule is Cn1c2c(c(=O)n(C)c1=O)[C@H](c1ccc(OC(F)F)cc1)C1=C(CCCC1=O)N2. The maximum absolute atomic E-state index is 13.0. The number of hydrogen-bond acceptors (Lipinski definition) is 5. The largest absolute Gasteiger partial charge is 0.435 e. The highest BCUT2D eigenvalue weighted by molar-refractivity contribution is 6.00. The Kier molecular flexibility index (Phi) is 4.60. The van der Waals surface area contributed by atoms with Crippen LogP contribution in [0.2, 0.25) is 0 Å². The molecule has 29 heavy (non-hydrogen) atoms. The van der Waals surface area contributed by atoms with E-state index in [0.29, 0.717) is 41.9 Å². The molecule has 1 aromatic carbocycles. The molecule has 1 aliphatic carbocycles. The number of nitrogens with one attached hydrogen (secondary N) is 1. The fourth-order valence-electron chi connectivity index (χ4n) is 4.07. The fourth-order valence-corrected chi connectivity index (χ4v) is 4.07. The van der Waals surface area contributed by atoms with Crippen LogP contribution in [0, 0.1) is 0 Å². The molecule has 7 nitrogen and oxygen atoms in total. The van der Waals surface area contributed by atoms with E-state index in [1.807, 2.05) is 0 Å². The minimum Gasteiger partial charge on any atom is -0.435 e. The summed E-state index contributed by atoms with van der Waals surface area (Å²) in [6.45, 7) is -2.95. The van der Waals surface area contributed by atoms with Crippen LogP contribution in [-0.4, -0.2) is 21.5 Å². The van der Waals surface area contributed by atoms with Crippen molar-refractivity contribution >= 4 is 11.6 Å². The molecular formula is C20H19F2N3O4. The number of allylic oxidation sites excluding steroid dienone is 2. The number of alkyl halides is 2. The normalized spacial score (nSPS) is 18.4. The molecule has 0 saturated heterocycles. The summed E-state index contributed by atoms with van der Waals surface area (Å²) in [5, 5.41) is 3.13. The Balaban J connectivity index is 1.95. The lowest BCUT2D eigenvalue weighted by Gasteiger charge is -2.34. The summed E-state index contributed by atoms with van der Waals surface area (Å²) in [6.07, 6.45) is 1.66. The van der Waals surface area contributed by atoms with E-state index in [4.69, 9.17) is 0 Å². The summed E-state index contributed by atoms with van der Waals surface area (Å²) in [5.41, 5.74) is 1.07. The molecule has 0 amide bonds. The van der Waals surface area contributed by atoms with Crippen LogP contribution >= 0.6 is 0 Å². The van der Waals surface area contributed by atoms with Gasteiger partial charge in [-0.25, -0.2) is 4.79 Å². The molecule has 9 heteroatoms. The average molecular weight is 403 g/mol. The van der Waals surface area contributed by atoms with Gasteiger partial charge in [0, 0.05) is 37.7 Å². The first-order valence-corrected chi connectivity index (χ1v) is 9.17. The molecule has 2 aliphatic rings. The summed E-state index contributed by atoms with van der Waals surface area (Å²) in [4.78, 5) is 38.2. The Bertz CT molecular complexity index is 1150. The standard InChI is InChI=1S/C20H19F2N3O4/c1-24-17-16(18(27)25(2)20(24)28)14(15-12(23-17)4-3-5-13(15)26)10-6-8-11(9-7-10)29-19(21)22/h6-9,14,19,23H,3-5H2,1-2H3/t14-/m1/s1. The molecule has 0 spiro atoms. The van der Waals surface area contributed by atoms with Crippen molar-refractivity contribution in [3.8, 4) is 5.75 Å². The molecule has 0 fully saturated rings. The number of anilines is 1. The maximum atomic E-state index is 13.0. The zero-order valence-electron chi connectivity index (χ0n) is 15.9. The van der Waals surface area contributed by atoms with Crippen LogP contribution < -0.4 is 21.3 Å². The third-order valence-electron chi connectivity index (χ3n) is 5.44. The Morgan fingerprint density at radius 2 is 1.76 bits per heavy atom. The minimum absolute atomic E-state index is 0.0181. The minimum atomic E-state index is -2.95. The zero-order chi connectivity index (χ0) is 20.9. The van der Waals surface area contributed by atoms with Gasteiger partial charge in [0.1, 0.15) is 11.6 Å². The second-order valence-corrected chi connectivity index (χ2v) is 7.14. The molecule has 4 rings (SSSR count). The molecule has 1 aromatic heterocycles. The number of halogens is 2. The van der Waals surface area contributed by atoms with Crippen molar-refractivity contribution in [2.45, 2.75) is 31.8 Å². The van der Waals surface area contributed by atoms with E-state index in [2.05, 4.69) is 10.1 Å². The van der Waals surface area contributed by atoms with Crippen molar-refractivity contribution in [2.24, 2.45) is 14.1 Å². The van der Waals surface area contributed by atoms with E-state index < -0.39 is 23.8 Å². The Labute approximate surface area is 164 Å². The van der Waals surface area contributed by atoms with Crippen LogP contribution in [0.4, 0.5) is 14.6 Å². The van der Waals surface area contributed by atoms with Gasteiger partial charge in [-0.15, -0.1) is 0 Å². The van der Waals surface area contributed by atoms with Crippen molar-refractivity contribution in [2.75, 3.05) is 5.32 Å². The van der Waals surface area contributed by atoms with E-state index in [0.717, 1.165) is 4.57 Å². The quantitative estimate of drug-likeness (QED) is 0.850. The number of aromatic nitrogens is 2. The fraction of sp³-hybridized carbons (Fsp3) is 0.350. The summed E-state index contributed by atoms with van der Waals surface area (Å²) in [5.74, 6) is -0.432. The van der Waals surface area contributed by atoms with Gasteiger partial charge < -0.3 is 10.1 Å². The second kappa shape index (κ2) is 6.98. The van der Waals surface area contributed by atoms with Gasteiger partial charge in [-0.05, 0) is 30.5 Å². The van der Waals surface area contributed by atoms with Crippen LogP contribution in [0.3, 0.4) is 0 Å². The van der Waals surface area contributed by atoms with Crippen LogP contribution in [0.25, 0.3) is 0 Å². The molecule has 152 valence electrons. The molecule has 1 aliphatic heterocycles. The maximum Gasteiger partial charge on any atom is 0.387 e. The van der Waals surface area contributed by atoms with Crippen molar-refractivity contribution in [1.29, 1.82) is 0 Å². The number of rotatable bonds is 3. The molecule has 1 N–H and O–H groups in total. The molecule has 2 aromatic rings. The van der Waals surface area contributed by atoms with Gasteiger partial charge in [-0.2, -0.15) is 8.78 Å². The Morgan fingerprint density at radius 3 is 2.41 bits per heavy atom. The van der Waals surface area contributed by atoms with E-state index in [9.17, 15) is 23.2 Å². The lowest BCUT2D eigenvalue weighted by Crippen LogP contribution is -2.44. The first-order valence-electron chi connectivity index (χ1n) is 9.17. The summed E-state index contributed by atoms with van der Waals surface area (Å²) in [7, 11) is 2.94. The van der Waals surface area contributed by atoms with E-state index >= 15 is 0 Å². The summed E-state index contributed by atoms with van der Waals surface area (Å²) in [6, 6.07) is 5.88. The third-order valence-corrected chi connectivity index (χ3v) is 5.44. The lowest BCUT2D eigenvalue weighted by atomic mass is 9.76. The Morgan fingerprint density at radius 1 is 1.07 bits per heavy atom. The number of ether oxygens (including phenoxy) is 1. The molecule has 2 heterocycles. The predicted octanol–water partition coefficient (Wildman–Crippen LogP) is 2.25. The van der Waals surface area contributed by atoms with Crippen LogP contribution in [0.1, 0.15) is 36.3 Å². The number of carbonyl (C=O) groups excluding carboxylic acids is 1. The molecule has 0 unspecified atom stereocenters. The molecular weight excluding hydrogens is 384 g/mol. The number of hydrogen-bond donors (Lipinski definition) is 1. The zero-order valence-corrected chi connectivity index (χ0v) is 15.9. The van der Waals surface area contributed by atoms with Gasteiger partial charge in [0.25, 0.3) is 5.56 Å². The van der Waals surface area contributed by atoms with Crippen molar-refractivity contribution in [1.82, 2.24) is 9.13 Å². The first kappa shape index (κ1) is 19.1. The summed E-state index contributed by atoms with van der Waals surface area (Å²) < 4.78 is 31.7. The van der Waals surface area contributed by atoms with Crippen LogP contribution in [0.5, 0.6) is 5.75 Å². The number of carbonyl (C=O) groups is 1. The third kappa shape index (κ3) is 3.06. The monoisotopic (exact) mass is 403 g/mol. The second-order valence-electron chi connectivity index (χ2n) is 7.14. The number of benzene rings is 1. The molecule has 1 atom stereocenters.